The van der Waals surface area contributed by atoms with E-state index >= 15 is 0 Å². The lowest BCUT2D eigenvalue weighted by atomic mass is 10.1. The lowest BCUT2D eigenvalue weighted by molar-refractivity contribution is -0.144. The predicted octanol–water partition coefficient (Wildman–Crippen LogP) is 3.13. The number of piperazine rings is 1. The zero-order chi connectivity index (χ0) is 19.5. The van der Waals surface area contributed by atoms with Crippen LogP contribution in [0.2, 0.25) is 0 Å². The second-order valence-electron chi connectivity index (χ2n) is 6.68. The summed E-state index contributed by atoms with van der Waals surface area (Å²) in [6, 6.07) is 10.9. The van der Waals surface area contributed by atoms with E-state index in [1.807, 2.05) is 31.7 Å². The number of nitrogens with zero attached hydrogens (tertiary/aromatic N) is 2. The number of hydrogen-bond acceptors (Lipinski definition) is 4. The fraction of sp³-hybridized carbons (Fsp3) is 0.619. The average molecular weight is 363 g/mol. The normalized spacial score (nSPS) is 21.5. The standard InChI is InChI=1S/C19H28N2O3.C2H6/c1-15-12-21(19(23)14-24-17(3)9-10-22)16(2)11-20(15)13-18-7-5-4-6-8-18;1-2/h4-8,10,15-17H,9,11-14H2,1-3H3;1-2H3. The van der Waals surface area contributed by atoms with E-state index in [2.05, 4.69) is 43.0 Å². The second-order valence-corrected chi connectivity index (χ2v) is 6.68. The highest BCUT2D eigenvalue weighted by atomic mass is 16.5. The minimum atomic E-state index is -0.210. The minimum absolute atomic E-state index is 0.00598. The Morgan fingerprint density at radius 1 is 1.19 bits per heavy atom. The highest BCUT2D eigenvalue weighted by Crippen LogP contribution is 2.18. The number of carbonyl (C=O) groups excluding carboxylic acids is 2. The van der Waals surface area contributed by atoms with Crippen LogP contribution in [0.1, 0.15) is 46.6 Å². The first-order chi connectivity index (χ1) is 12.5. The van der Waals surface area contributed by atoms with Gasteiger partial charge in [-0.1, -0.05) is 44.2 Å². The van der Waals surface area contributed by atoms with E-state index in [4.69, 9.17) is 4.74 Å². The topological polar surface area (TPSA) is 49.9 Å². The van der Waals surface area contributed by atoms with E-state index in [9.17, 15) is 9.59 Å². The SMILES string of the molecule is CC.CC(CC=O)OCC(=O)N1CC(C)N(Cc2ccccc2)CC1C. The molecule has 1 heterocycles. The Hall–Kier alpha value is -1.72. The Morgan fingerprint density at radius 2 is 1.85 bits per heavy atom. The number of hydrogen-bond donors (Lipinski definition) is 0. The fourth-order valence-corrected chi connectivity index (χ4v) is 3.08. The molecule has 2 rings (SSSR count). The van der Waals surface area contributed by atoms with Gasteiger partial charge in [0, 0.05) is 38.1 Å². The summed E-state index contributed by atoms with van der Waals surface area (Å²) in [5.41, 5.74) is 1.29. The van der Waals surface area contributed by atoms with Crippen LogP contribution in [0.15, 0.2) is 30.3 Å². The summed E-state index contributed by atoms with van der Waals surface area (Å²) in [5.74, 6) is 0.00598. The van der Waals surface area contributed by atoms with Crippen LogP contribution in [0.5, 0.6) is 0 Å². The van der Waals surface area contributed by atoms with Gasteiger partial charge in [-0.25, -0.2) is 0 Å². The number of aldehydes is 1. The largest absolute Gasteiger partial charge is 0.368 e. The lowest BCUT2D eigenvalue weighted by Gasteiger charge is -2.44. The van der Waals surface area contributed by atoms with Crippen LogP contribution in [0.25, 0.3) is 0 Å². The van der Waals surface area contributed by atoms with Gasteiger partial charge < -0.3 is 14.4 Å². The summed E-state index contributed by atoms with van der Waals surface area (Å²) in [7, 11) is 0. The third-order valence-corrected chi connectivity index (χ3v) is 4.58. The van der Waals surface area contributed by atoms with Gasteiger partial charge >= 0.3 is 0 Å². The molecule has 1 amide bonds. The van der Waals surface area contributed by atoms with Crippen LogP contribution in [0, 0.1) is 0 Å². The number of benzene rings is 1. The lowest BCUT2D eigenvalue weighted by Crippen LogP contribution is -2.58. The van der Waals surface area contributed by atoms with Gasteiger partial charge in [0.25, 0.3) is 0 Å². The van der Waals surface area contributed by atoms with Crippen molar-refractivity contribution in [2.45, 2.75) is 65.8 Å². The molecule has 0 bridgehead atoms. The van der Waals surface area contributed by atoms with Crippen LogP contribution < -0.4 is 0 Å². The van der Waals surface area contributed by atoms with E-state index in [0.717, 1.165) is 19.4 Å². The Morgan fingerprint density at radius 3 is 2.46 bits per heavy atom. The van der Waals surface area contributed by atoms with Crippen molar-refractivity contribution in [3.05, 3.63) is 35.9 Å². The summed E-state index contributed by atoms with van der Waals surface area (Å²) in [6.45, 7) is 12.6. The number of rotatable bonds is 7. The van der Waals surface area contributed by atoms with E-state index in [-0.39, 0.29) is 24.7 Å². The van der Waals surface area contributed by atoms with Gasteiger partial charge in [0.1, 0.15) is 12.9 Å². The Bertz CT molecular complexity index is 535. The van der Waals surface area contributed by atoms with E-state index in [0.29, 0.717) is 19.0 Å². The Labute approximate surface area is 158 Å². The Balaban J connectivity index is 0.00000163. The van der Waals surface area contributed by atoms with Gasteiger partial charge in [-0.15, -0.1) is 0 Å². The molecule has 0 radical (unpaired) electrons. The van der Waals surface area contributed by atoms with Gasteiger partial charge in [0.15, 0.2) is 0 Å². The van der Waals surface area contributed by atoms with Crippen LogP contribution in [0.4, 0.5) is 0 Å². The zero-order valence-electron chi connectivity index (χ0n) is 16.9. The molecule has 5 nitrogen and oxygen atoms in total. The predicted molar refractivity (Wildman–Crippen MR) is 105 cm³/mol. The maximum atomic E-state index is 12.4. The Kier molecular flexibility index (Phi) is 10.1. The second kappa shape index (κ2) is 11.8. The molecule has 26 heavy (non-hydrogen) atoms. The molecule has 0 spiro atoms. The molecule has 3 unspecified atom stereocenters. The summed E-state index contributed by atoms with van der Waals surface area (Å²) >= 11 is 0. The molecule has 1 aromatic carbocycles. The van der Waals surface area contributed by atoms with E-state index in [1.165, 1.54) is 5.56 Å². The quantitative estimate of drug-likeness (QED) is 0.699. The molecular formula is C21H34N2O3. The minimum Gasteiger partial charge on any atom is -0.368 e. The van der Waals surface area contributed by atoms with Crippen LogP contribution >= 0.6 is 0 Å². The maximum Gasteiger partial charge on any atom is 0.248 e. The highest BCUT2D eigenvalue weighted by Gasteiger charge is 2.31. The molecule has 0 aliphatic carbocycles. The first kappa shape index (κ1) is 22.3. The first-order valence-electron chi connectivity index (χ1n) is 9.64. The molecular weight excluding hydrogens is 328 g/mol. The highest BCUT2D eigenvalue weighted by molar-refractivity contribution is 5.78. The smallest absolute Gasteiger partial charge is 0.248 e. The number of amides is 1. The molecule has 0 aromatic heterocycles. The van der Waals surface area contributed by atoms with Gasteiger partial charge in [-0.05, 0) is 26.3 Å². The molecule has 1 aromatic rings. The molecule has 0 N–H and O–H groups in total. The first-order valence-corrected chi connectivity index (χ1v) is 9.64. The van der Waals surface area contributed by atoms with Gasteiger partial charge in [-0.2, -0.15) is 0 Å². The van der Waals surface area contributed by atoms with Gasteiger partial charge in [0.05, 0.1) is 6.10 Å². The van der Waals surface area contributed by atoms with Crippen molar-refractivity contribution in [2.24, 2.45) is 0 Å². The molecule has 3 atom stereocenters. The van der Waals surface area contributed by atoms with Crippen LogP contribution in [0.3, 0.4) is 0 Å². The molecule has 1 aliphatic heterocycles. The molecule has 5 heteroatoms. The summed E-state index contributed by atoms with van der Waals surface area (Å²) in [5, 5.41) is 0. The molecule has 0 saturated carbocycles. The number of carbonyl (C=O) groups is 2. The van der Waals surface area contributed by atoms with Crippen molar-refractivity contribution in [1.82, 2.24) is 9.80 Å². The van der Waals surface area contributed by atoms with Gasteiger partial charge in [0.2, 0.25) is 5.91 Å². The summed E-state index contributed by atoms with van der Waals surface area (Å²) < 4.78 is 5.47. The van der Waals surface area contributed by atoms with Gasteiger partial charge in [-0.3, -0.25) is 9.69 Å². The van der Waals surface area contributed by atoms with Crippen LogP contribution in [-0.2, 0) is 20.9 Å². The van der Waals surface area contributed by atoms with Crippen molar-refractivity contribution < 1.29 is 14.3 Å². The molecule has 146 valence electrons. The van der Waals surface area contributed by atoms with E-state index < -0.39 is 0 Å². The third kappa shape index (κ3) is 6.89. The molecule has 1 saturated heterocycles. The summed E-state index contributed by atoms with van der Waals surface area (Å²) in [4.78, 5) is 27.2. The van der Waals surface area contributed by atoms with E-state index in [1.54, 1.807) is 0 Å². The fourth-order valence-electron chi connectivity index (χ4n) is 3.08. The summed E-state index contributed by atoms with van der Waals surface area (Å²) in [6.07, 6.45) is 0.935. The monoisotopic (exact) mass is 362 g/mol. The number of ether oxygens (including phenoxy) is 1. The maximum absolute atomic E-state index is 12.4. The molecule has 1 fully saturated rings. The molecule has 1 aliphatic rings. The van der Waals surface area contributed by atoms with Crippen molar-refractivity contribution in [1.29, 1.82) is 0 Å². The van der Waals surface area contributed by atoms with Crippen molar-refractivity contribution >= 4 is 12.2 Å². The average Bonchev–Trinajstić information content (AvgIpc) is 2.65. The van der Waals surface area contributed by atoms with Crippen molar-refractivity contribution in [2.75, 3.05) is 19.7 Å². The van der Waals surface area contributed by atoms with Crippen LogP contribution in [-0.4, -0.2) is 59.9 Å². The zero-order valence-corrected chi connectivity index (χ0v) is 16.9. The van der Waals surface area contributed by atoms with Crippen molar-refractivity contribution in [3.63, 3.8) is 0 Å². The van der Waals surface area contributed by atoms with Crippen molar-refractivity contribution in [3.8, 4) is 0 Å². The third-order valence-electron chi connectivity index (χ3n) is 4.58.